The summed E-state index contributed by atoms with van der Waals surface area (Å²) in [7, 11) is 1.53. The Labute approximate surface area is 187 Å². The van der Waals surface area contributed by atoms with E-state index in [1.54, 1.807) is 18.2 Å². The Kier molecular flexibility index (Phi) is 7.93. The molecule has 0 aliphatic carbocycles. The molecule has 0 aliphatic heterocycles. The minimum absolute atomic E-state index is 0.114. The maximum atomic E-state index is 12.7. The fourth-order valence-electron chi connectivity index (χ4n) is 2.63. The molecule has 0 bridgehead atoms. The van der Waals surface area contributed by atoms with Crippen molar-refractivity contribution in [2.24, 2.45) is 0 Å². The van der Waals surface area contributed by atoms with Gasteiger partial charge in [-0.3, -0.25) is 4.79 Å². The number of aromatic nitrogens is 2. The molecule has 32 heavy (non-hydrogen) atoms. The maximum Gasteiger partial charge on any atom is 0.433 e. The van der Waals surface area contributed by atoms with Crippen molar-refractivity contribution in [2.45, 2.75) is 24.5 Å². The Morgan fingerprint density at radius 1 is 1.06 bits per heavy atom. The average Bonchev–Trinajstić information content (AvgIpc) is 2.80. The topological polar surface area (TPSA) is 73.3 Å². The number of methoxy groups -OCH3 is 1. The van der Waals surface area contributed by atoms with Gasteiger partial charge in [-0.15, -0.1) is 0 Å². The van der Waals surface area contributed by atoms with Crippen molar-refractivity contribution in [1.29, 1.82) is 0 Å². The van der Waals surface area contributed by atoms with Gasteiger partial charge in [0.15, 0.2) is 16.7 Å². The molecule has 1 N–H and O–H groups in total. The van der Waals surface area contributed by atoms with Crippen LogP contribution in [-0.2, 0) is 24.1 Å². The summed E-state index contributed by atoms with van der Waals surface area (Å²) in [6.07, 6.45) is -3.54. The van der Waals surface area contributed by atoms with Gasteiger partial charge in [-0.1, -0.05) is 48.2 Å². The van der Waals surface area contributed by atoms with Gasteiger partial charge in [-0.05, 0) is 29.3 Å². The monoisotopic (exact) mass is 463 g/mol. The normalized spacial score (nSPS) is 11.1. The van der Waals surface area contributed by atoms with E-state index in [0.717, 1.165) is 35.2 Å². The molecule has 3 rings (SSSR count). The van der Waals surface area contributed by atoms with Crippen molar-refractivity contribution in [1.82, 2.24) is 15.3 Å². The highest BCUT2D eigenvalue weighted by atomic mass is 32.2. The Bertz CT molecular complexity index is 1050. The summed E-state index contributed by atoms with van der Waals surface area (Å²) in [4.78, 5) is 19.3. The van der Waals surface area contributed by atoms with Crippen LogP contribution in [0.1, 0.15) is 16.8 Å². The predicted octanol–water partition coefficient (Wildman–Crippen LogP) is 4.49. The molecular formula is C22H20F3N3O3S. The lowest BCUT2D eigenvalue weighted by molar-refractivity contribution is -0.141. The van der Waals surface area contributed by atoms with Crippen molar-refractivity contribution < 1.29 is 27.4 Å². The van der Waals surface area contributed by atoms with Crippen LogP contribution < -0.4 is 14.8 Å². The van der Waals surface area contributed by atoms with Gasteiger partial charge in [0.1, 0.15) is 12.3 Å². The molecule has 0 saturated heterocycles. The van der Waals surface area contributed by atoms with Gasteiger partial charge in [-0.2, -0.15) is 13.2 Å². The summed E-state index contributed by atoms with van der Waals surface area (Å²) >= 11 is 0.830. The van der Waals surface area contributed by atoms with Crippen molar-refractivity contribution in [2.75, 3.05) is 12.9 Å². The zero-order valence-electron chi connectivity index (χ0n) is 17.1. The standard InChI is InChI=1S/C22H20F3N3O3S/c1-30-18-11-16(7-8-17(18)31-13-15-5-3-2-4-6-15)12-27-20(29)14-32-21-26-10-9-19(28-21)22(23,24)25/h2-11H,12-14H2,1H3,(H,27,29). The number of hydrogen-bond donors (Lipinski definition) is 1. The van der Waals surface area contributed by atoms with Crippen LogP contribution in [0.2, 0.25) is 0 Å². The van der Waals surface area contributed by atoms with Crippen LogP contribution in [0, 0.1) is 0 Å². The fraction of sp³-hybridized carbons (Fsp3) is 0.227. The number of ether oxygens (including phenoxy) is 2. The molecule has 0 atom stereocenters. The number of alkyl halides is 3. The van der Waals surface area contributed by atoms with E-state index in [0.29, 0.717) is 18.1 Å². The lowest BCUT2D eigenvalue weighted by Crippen LogP contribution is -2.24. The van der Waals surface area contributed by atoms with Crippen molar-refractivity contribution in [3.8, 4) is 11.5 Å². The van der Waals surface area contributed by atoms with E-state index in [-0.39, 0.29) is 23.4 Å². The zero-order chi connectivity index (χ0) is 23.0. The van der Waals surface area contributed by atoms with Crippen LogP contribution in [-0.4, -0.2) is 28.7 Å². The van der Waals surface area contributed by atoms with Crippen molar-refractivity contribution in [3.05, 3.63) is 77.6 Å². The molecule has 0 spiro atoms. The SMILES string of the molecule is COc1cc(CNC(=O)CSc2nccc(C(F)(F)F)n2)ccc1OCc1ccccc1. The highest BCUT2D eigenvalue weighted by Gasteiger charge is 2.32. The summed E-state index contributed by atoms with van der Waals surface area (Å²) in [6, 6.07) is 15.8. The Hall–Kier alpha value is -3.27. The van der Waals surface area contributed by atoms with E-state index >= 15 is 0 Å². The van der Waals surface area contributed by atoms with E-state index in [1.807, 2.05) is 30.3 Å². The lowest BCUT2D eigenvalue weighted by atomic mass is 10.2. The molecule has 3 aromatic rings. The van der Waals surface area contributed by atoms with Crippen LogP contribution in [0.3, 0.4) is 0 Å². The molecule has 0 radical (unpaired) electrons. The quantitative estimate of drug-likeness (QED) is 0.372. The minimum Gasteiger partial charge on any atom is -0.493 e. The van der Waals surface area contributed by atoms with Gasteiger partial charge in [0, 0.05) is 12.7 Å². The summed E-state index contributed by atoms with van der Waals surface area (Å²) in [5.74, 6) is 0.624. The molecule has 168 valence electrons. The Morgan fingerprint density at radius 2 is 1.84 bits per heavy atom. The number of carbonyl (C=O) groups is 1. The number of rotatable bonds is 9. The average molecular weight is 463 g/mol. The van der Waals surface area contributed by atoms with Crippen molar-refractivity contribution >= 4 is 17.7 Å². The smallest absolute Gasteiger partial charge is 0.433 e. The molecule has 1 heterocycles. The van der Waals surface area contributed by atoms with Crippen LogP contribution >= 0.6 is 11.8 Å². The van der Waals surface area contributed by atoms with E-state index in [1.165, 1.54) is 7.11 Å². The number of amides is 1. The second-order valence-electron chi connectivity index (χ2n) is 6.55. The number of hydrogen-bond acceptors (Lipinski definition) is 6. The number of nitrogens with one attached hydrogen (secondary N) is 1. The first-order valence-electron chi connectivity index (χ1n) is 9.48. The number of carbonyl (C=O) groups excluding carboxylic acids is 1. The molecular weight excluding hydrogens is 443 g/mol. The minimum atomic E-state index is -4.56. The number of benzene rings is 2. The molecule has 0 unspecified atom stereocenters. The van der Waals surface area contributed by atoms with Gasteiger partial charge < -0.3 is 14.8 Å². The maximum absolute atomic E-state index is 12.7. The van der Waals surface area contributed by atoms with E-state index in [2.05, 4.69) is 15.3 Å². The van der Waals surface area contributed by atoms with Gasteiger partial charge in [-0.25, -0.2) is 9.97 Å². The first-order valence-corrected chi connectivity index (χ1v) is 10.5. The zero-order valence-corrected chi connectivity index (χ0v) is 17.9. The summed E-state index contributed by atoms with van der Waals surface area (Å²) in [5, 5.41) is 2.59. The number of thioether (sulfide) groups is 1. The largest absolute Gasteiger partial charge is 0.493 e. The lowest BCUT2D eigenvalue weighted by Gasteiger charge is -2.13. The summed E-state index contributed by atoms with van der Waals surface area (Å²) < 4.78 is 49.3. The van der Waals surface area contributed by atoms with Crippen LogP contribution in [0.15, 0.2) is 66.0 Å². The molecule has 10 heteroatoms. The third-order valence-electron chi connectivity index (χ3n) is 4.21. The van der Waals surface area contributed by atoms with E-state index in [4.69, 9.17) is 9.47 Å². The van der Waals surface area contributed by atoms with Gasteiger partial charge in [0.25, 0.3) is 0 Å². The van der Waals surface area contributed by atoms with Crippen LogP contribution in [0.5, 0.6) is 11.5 Å². The predicted molar refractivity (Wildman–Crippen MR) is 113 cm³/mol. The molecule has 6 nitrogen and oxygen atoms in total. The molecule has 0 saturated carbocycles. The first-order chi connectivity index (χ1) is 15.3. The van der Waals surface area contributed by atoms with E-state index in [9.17, 15) is 18.0 Å². The molecule has 0 fully saturated rings. The molecule has 1 amide bonds. The van der Waals surface area contributed by atoms with Crippen molar-refractivity contribution in [3.63, 3.8) is 0 Å². The first kappa shape index (κ1) is 23.4. The highest BCUT2D eigenvalue weighted by molar-refractivity contribution is 7.99. The second kappa shape index (κ2) is 10.9. The van der Waals surface area contributed by atoms with Crippen LogP contribution in [0.4, 0.5) is 13.2 Å². The number of halogens is 3. The number of nitrogens with zero attached hydrogens (tertiary/aromatic N) is 2. The fourth-order valence-corrected chi connectivity index (χ4v) is 3.29. The summed E-state index contributed by atoms with van der Waals surface area (Å²) in [5.41, 5.74) is 0.757. The second-order valence-corrected chi connectivity index (χ2v) is 7.49. The van der Waals surface area contributed by atoms with Gasteiger partial charge >= 0.3 is 6.18 Å². The van der Waals surface area contributed by atoms with Crippen LogP contribution in [0.25, 0.3) is 0 Å². The summed E-state index contributed by atoms with van der Waals surface area (Å²) in [6.45, 7) is 0.611. The van der Waals surface area contributed by atoms with Gasteiger partial charge in [0.05, 0.1) is 12.9 Å². The molecule has 0 aliphatic rings. The highest BCUT2D eigenvalue weighted by Crippen LogP contribution is 2.29. The third-order valence-corrected chi connectivity index (χ3v) is 5.07. The van der Waals surface area contributed by atoms with E-state index < -0.39 is 11.9 Å². The Morgan fingerprint density at radius 3 is 2.56 bits per heavy atom. The Balaban J connectivity index is 1.51. The molecule has 1 aromatic heterocycles. The third kappa shape index (κ3) is 6.88. The van der Waals surface area contributed by atoms with Gasteiger partial charge in [0.2, 0.25) is 5.91 Å². The molecule has 2 aromatic carbocycles.